The van der Waals surface area contributed by atoms with Gasteiger partial charge in [-0.3, -0.25) is 4.79 Å². The number of rotatable bonds is 2. The minimum atomic E-state index is -0.406. The molecule has 0 atom stereocenters. The van der Waals surface area contributed by atoms with Crippen LogP contribution in [-0.2, 0) is 4.79 Å². The van der Waals surface area contributed by atoms with E-state index in [1.807, 2.05) is 0 Å². The average Bonchev–Trinajstić information content (AvgIpc) is 2.12. The SMILES string of the molecule is N#CCC(=O)Nc1cc(Cl)ccc1Cl. The van der Waals surface area contributed by atoms with E-state index < -0.39 is 5.91 Å². The molecule has 1 aromatic carbocycles. The predicted octanol–water partition coefficient (Wildman–Crippen LogP) is 2.85. The van der Waals surface area contributed by atoms with Gasteiger partial charge >= 0.3 is 0 Å². The molecule has 0 aliphatic rings. The summed E-state index contributed by atoms with van der Waals surface area (Å²) in [6.45, 7) is 0. The summed E-state index contributed by atoms with van der Waals surface area (Å²) in [7, 11) is 0. The summed E-state index contributed by atoms with van der Waals surface area (Å²) in [5.74, 6) is -0.406. The number of anilines is 1. The molecular formula is C9H6Cl2N2O. The van der Waals surface area contributed by atoms with Gasteiger partial charge in [0.1, 0.15) is 6.42 Å². The lowest BCUT2D eigenvalue weighted by Crippen LogP contribution is -2.10. The second kappa shape index (κ2) is 4.85. The van der Waals surface area contributed by atoms with E-state index in [4.69, 9.17) is 28.5 Å². The van der Waals surface area contributed by atoms with Crippen LogP contribution in [0.2, 0.25) is 10.0 Å². The summed E-state index contributed by atoms with van der Waals surface area (Å²) in [5, 5.41) is 11.6. The molecule has 3 nitrogen and oxygen atoms in total. The van der Waals surface area contributed by atoms with Crippen molar-refractivity contribution in [2.75, 3.05) is 5.32 Å². The topological polar surface area (TPSA) is 52.9 Å². The molecule has 0 unspecified atom stereocenters. The normalized spacial score (nSPS) is 9.21. The highest BCUT2D eigenvalue weighted by molar-refractivity contribution is 6.35. The minimum absolute atomic E-state index is 0.206. The monoisotopic (exact) mass is 228 g/mol. The first-order chi connectivity index (χ1) is 6.63. The van der Waals surface area contributed by atoms with Crippen LogP contribution in [0.1, 0.15) is 6.42 Å². The van der Waals surface area contributed by atoms with E-state index in [-0.39, 0.29) is 6.42 Å². The summed E-state index contributed by atoms with van der Waals surface area (Å²) in [6.07, 6.45) is -0.206. The number of hydrogen-bond donors (Lipinski definition) is 1. The molecule has 1 amide bonds. The van der Waals surface area contributed by atoms with Crippen LogP contribution in [0.15, 0.2) is 18.2 Å². The Morgan fingerprint density at radius 3 is 2.86 bits per heavy atom. The number of nitrogens with zero attached hydrogens (tertiary/aromatic N) is 1. The van der Waals surface area contributed by atoms with E-state index in [0.29, 0.717) is 15.7 Å². The van der Waals surface area contributed by atoms with E-state index in [0.717, 1.165) is 0 Å². The Kier molecular flexibility index (Phi) is 3.75. The lowest BCUT2D eigenvalue weighted by Gasteiger charge is -2.05. The fourth-order valence-electron chi connectivity index (χ4n) is 0.859. The van der Waals surface area contributed by atoms with Gasteiger partial charge in [-0.05, 0) is 18.2 Å². The summed E-state index contributed by atoms with van der Waals surface area (Å²) in [4.78, 5) is 11.0. The highest BCUT2D eigenvalue weighted by Crippen LogP contribution is 2.25. The fraction of sp³-hybridized carbons (Fsp3) is 0.111. The second-order valence-electron chi connectivity index (χ2n) is 2.51. The van der Waals surface area contributed by atoms with Gasteiger partial charge in [0.25, 0.3) is 0 Å². The largest absolute Gasteiger partial charge is 0.324 e. The van der Waals surface area contributed by atoms with Crippen LogP contribution in [-0.4, -0.2) is 5.91 Å². The standard InChI is InChI=1S/C9H6Cl2N2O/c10-6-1-2-7(11)8(5-6)13-9(14)3-4-12/h1-2,5H,3H2,(H,13,14). The van der Waals surface area contributed by atoms with Crippen LogP contribution < -0.4 is 5.32 Å². The fourth-order valence-corrected chi connectivity index (χ4v) is 1.20. The Labute approximate surface area is 91.2 Å². The molecule has 0 aromatic heterocycles. The first-order valence-electron chi connectivity index (χ1n) is 3.75. The van der Waals surface area contributed by atoms with E-state index in [9.17, 15) is 4.79 Å². The summed E-state index contributed by atoms with van der Waals surface area (Å²) in [5.41, 5.74) is 0.416. The average molecular weight is 229 g/mol. The minimum Gasteiger partial charge on any atom is -0.324 e. The quantitative estimate of drug-likeness (QED) is 0.847. The van der Waals surface area contributed by atoms with Crippen LogP contribution in [0.3, 0.4) is 0 Å². The maximum atomic E-state index is 11.0. The van der Waals surface area contributed by atoms with Gasteiger partial charge in [0.2, 0.25) is 5.91 Å². The van der Waals surface area contributed by atoms with Crippen molar-refractivity contribution in [1.29, 1.82) is 5.26 Å². The highest BCUT2D eigenvalue weighted by Gasteiger charge is 2.05. The Balaban J connectivity index is 2.81. The Bertz CT molecular complexity index is 398. The number of amides is 1. The smallest absolute Gasteiger partial charge is 0.238 e. The number of carbonyl (C=O) groups is 1. The molecule has 0 fully saturated rings. The molecule has 1 N–H and O–H groups in total. The van der Waals surface area contributed by atoms with Crippen molar-refractivity contribution in [1.82, 2.24) is 0 Å². The third kappa shape index (κ3) is 2.91. The first kappa shape index (κ1) is 10.8. The Hall–Kier alpha value is -1.24. The molecule has 0 spiro atoms. The molecule has 0 heterocycles. The summed E-state index contributed by atoms with van der Waals surface area (Å²) in [6, 6.07) is 6.45. The zero-order valence-electron chi connectivity index (χ0n) is 7.05. The van der Waals surface area contributed by atoms with Gasteiger partial charge in [-0.2, -0.15) is 5.26 Å². The van der Waals surface area contributed by atoms with Crippen LogP contribution in [0.25, 0.3) is 0 Å². The van der Waals surface area contributed by atoms with Crippen molar-refractivity contribution in [3.8, 4) is 6.07 Å². The molecule has 0 saturated heterocycles. The molecular weight excluding hydrogens is 223 g/mol. The van der Waals surface area contributed by atoms with Gasteiger partial charge < -0.3 is 5.32 Å². The van der Waals surface area contributed by atoms with Gasteiger partial charge in [0, 0.05) is 5.02 Å². The van der Waals surface area contributed by atoms with Crippen molar-refractivity contribution in [2.45, 2.75) is 6.42 Å². The molecule has 0 saturated carbocycles. The van der Waals surface area contributed by atoms with E-state index in [2.05, 4.69) is 5.32 Å². The lowest BCUT2D eigenvalue weighted by molar-refractivity contribution is -0.115. The number of carbonyl (C=O) groups excluding carboxylic acids is 1. The zero-order valence-corrected chi connectivity index (χ0v) is 8.56. The molecule has 0 aliphatic heterocycles. The maximum Gasteiger partial charge on any atom is 0.238 e. The van der Waals surface area contributed by atoms with Crippen LogP contribution in [0, 0.1) is 11.3 Å². The maximum absolute atomic E-state index is 11.0. The molecule has 0 radical (unpaired) electrons. The summed E-state index contributed by atoms with van der Waals surface area (Å²) >= 11 is 11.5. The van der Waals surface area contributed by atoms with Crippen molar-refractivity contribution < 1.29 is 4.79 Å². The third-order valence-corrected chi connectivity index (χ3v) is 2.01. The zero-order chi connectivity index (χ0) is 10.6. The van der Waals surface area contributed by atoms with Crippen LogP contribution >= 0.6 is 23.2 Å². The number of hydrogen-bond acceptors (Lipinski definition) is 2. The van der Waals surface area contributed by atoms with Gasteiger partial charge in [-0.15, -0.1) is 0 Å². The van der Waals surface area contributed by atoms with E-state index >= 15 is 0 Å². The number of benzene rings is 1. The van der Waals surface area contributed by atoms with Gasteiger partial charge in [0.15, 0.2) is 0 Å². The van der Waals surface area contributed by atoms with E-state index in [1.54, 1.807) is 18.2 Å². The number of nitriles is 1. The van der Waals surface area contributed by atoms with Crippen molar-refractivity contribution in [3.05, 3.63) is 28.2 Å². The first-order valence-corrected chi connectivity index (χ1v) is 4.51. The van der Waals surface area contributed by atoms with Crippen molar-refractivity contribution in [2.24, 2.45) is 0 Å². The van der Waals surface area contributed by atoms with Gasteiger partial charge in [-0.25, -0.2) is 0 Å². The lowest BCUT2D eigenvalue weighted by atomic mass is 10.3. The van der Waals surface area contributed by atoms with Crippen LogP contribution in [0.4, 0.5) is 5.69 Å². The third-order valence-electron chi connectivity index (χ3n) is 1.44. The van der Waals surface area contributed by atoms with E-state index in [1.165, 1.54) is 6.07 Å². The highest BCUT2D eigenvalue weighted by atomic mass is 35.5. The molecule has 14 heavy (non-hydrogen) atoms. The van der Waals surface area contributed by atoms with Crippen molar-refractivity contribution >= 4 is 34.8 Å². The Morgan fingerprint density at radius 2 is 2.21 bits per heavy atom. The predicted molar refractivity (Wildman–Crippen MR) is 55.3 cm³/mol. The molecule has 0 aliphatic carbocycles. The summed E-state index contributed by atoms with van der Waals surface area (Å²) < 4.78 is 0. The van der Waals surface area contributed by atoms with Gasteiger partial charge in [0.05, 0.1) is 16.8 Å². The molecule has 72 valence electrons. The Morgan fingerprint density at radius 1 is 1.50 bits per heavy atom. The van der Waals surface area contributed by atoms with Crippen LogP contribution in [0.5, 0.6) is 0 Å². The molecule has 1 rings (SSSR count). The molecule has 0 bridgehead atoms. The number of nitrogens with one attached hydrogen (secondary N) is 1. The van der Waals surface area contributed by atoms with Crippen molar-refractivity contribution in [3.63, 3.8) is 0 Å². The van der Waals surface area contributed by atoms with Gasteiger partial charge in [-0.1, -0.05) is 23.2 Å². The number of halogens is 2. The second-order valence-corrected chi connectivity index (χ2v) is 3.35. The molecule has 1 aromatic rings. The molecule has 5 heteroatoms.